The molecule has 2 aromatic rings. The van der Waals surface area contributed by atoms with E-state index in [-0.39, 0.29) is 17.8 Å². The van der Waals surface area contributed by atoms with E-state index in [0.717, 1.165) is 18.4 Å². The third-order valence-corrected chi connectivity index (χ3v) is 5.22. The highest BCUT2D eigenvalue weighted by atomic mass is 35.5. The van der Waals surface area contributed by atoms with Gasteiger partial charge < -0.3 is 19.1 Å². The molecule has 2 amide bonds. The highest BCUT2D eigenvalue weighted by Gasteiger charge is 2.28. The molecule has 0 N–H and O–H groups in total. The zero-order valence-electron chi connectivity index (χ0n) is 17.9. The van der Waals surface area contributed by atoms with Gasteiger partial charge in [-0.1, -0.05) is 28.9 Å². The zero-order chi connectivity index (χ0) is 21.9. The summed E-state index contributed by atoms with van der Waals surface area (Å²) in [6.07, 6.45) is 1.30. The van der Waals surface area contributed by atoms with E-state index in [0.29, 0.717) is 36.3 Å². The average Bonchev–Trinajstić information content (AvgIpc) is 3.17. The summed E-state index contributed by atoms with van der Waals surface area (Å²) < 4.78 is 10.7. The molecule has 1 aromatic carbocycles. The van der Waals surface area contributed by atoms with Crippen LogP contribution in [0.5, 0.6) is 0 Å². The lowest BCUT2D eigenvalue weighted by atomic mass is 9.96. The molecule has 162 valence electrons. The van der Waals surface area contributed by atoms with Gasteiger partial charge in [-0.05, 0) is 51.7 Å². The average molecular weight is 434 g/mol. The van der Waals surface area contributed by atoms with Crippen molar-refractivity contribution >= 4 is 23.6 Å². The number of piperidine rings is 1. The molecule has 0 spiro atoms. The number of nitrogens with zero attached hydrogens (tertiary/aromatic N) is 3. The molecule has 1 aliphatic rings. The van der Waals surface area contributed by atoms with Gasteiger partial charge in [0.1, 0.15) is 11.3 Å². The number of hydrogen-bond acceptors (Lipinski definition) is 5. The molecule has 0 radical (unpaired) electrons. The molecule has 0 bridgehead atoms. The van der Waals surface area contributed by atoms with Crippen molar-refractivity contribution in [1.29, 1.82) is 0 Å². The maximum Gasteiger partial charge on any atom is 0.410 e. The molecule has 0 atom stereocenters. The first-order valence-electron chi connectivity index (χ1n) is 10.1. The Morgan fingerprint density at radius 1 is 1.27 bits per heavy atom. The standard InChI is InChI=1S/C22H28ClN3O4/c1-22(2,3)29-21(28)25(4)14-15-8-10-26(11-9-15)20(27)19-13-18(24-30-19)16-6-5-7-17(23)12-16/h5-7,12-13,15H,8-11,14H2,1-4H3. The van der Waals surface area contributed by atoms with Crippen LogP contribution in [0.4, 0.5) is 4.79 Å². The highest BCUT2D eigenvalue weighted by molar-refractivity contribution is 6.30. The van der Waals surface area contributed by atoms with Gasteiger partial charge in [-0.3, -0.25) is 4.79 Å². The fourth-order valence-electron chi connectivity index (χ4n) is 3.44. The Bertz CT molecular complexity index is 898. The number of hydrogen-bond donors (Lipinski definition) is 0. The Hall–Kier alpha value is -2.54. The van der Waals surface area contributed by atoms with Crippen LogP contribution in [-0.2, 0) is 4.74 Å². The topological polar surface area (TPSA) is 75.9 Å². The number of rotatable bonds is 4. The first-order valence-corrected chi connectivity index (χ1v) is 10.5. The molecule has 1 aliphatic heterocycles. The van der Waals surface area contributed by atoms with Crippen molar-refractivity contribution in [2.24, 2.45) is 5.92 Å². The van der Waals surface area contributed by atoms with E-state index in [1.807, 2.05) is 32.9 Å². The van der Waals surface area contributed by atoms with Crippen LogP contribution >= 0.6 is 11.6 Å². The van der Waals surface area contributed by atoms with Crippen LogP contribution in [0.25, 0.3) is 11.3 Å². The third kappa shape index (κ3) is 5.75. The number of benzene rings is 1. The summed E-state index contributed by atoms with van der Waals surface area (Å²) in [6, 6.07) is 8.90. The zero-order valence-corrected chi connectivity index (χ0v) is 18.6. The Kier molecular flexibility index (Phi) is 6.71. The van der Waals surface area contributed by atoms with Crippen molar-refractivity contribution in [3.05, 3.63) is 41.1 Å². The maximum absolute atomic E-state index is 12.8. The lowest BCUT2D eigenvalue weighted by Gasteiger charge is -2.33. The van der Waals surface area contributed by atoms with Gasteiger partial charge >= 0.3 is 6.09 Å². The molecule has 0 aliphatic carbocycles. The predicted octanol–water partition coefficient (Wildman–Crippen LogP) is 4.71. The summed E-state index contributed by atoms with van der Waals surface area (Å²) in [7, 11) is 1.75. The molecule has 0 unspecified atom stereocenters. The molecule has 7 nitrogen and oxygen atoms in total. The van der Waals surface area contributed by atoms with Gasteiger partial charge in [0.25, 0.3) is 5.91 Å². The van der Waals surface area contributed by atoms with E-state index >= 15 is 0 Å². The molecule has 1 fully saturated rings. The quantitative estimate of drug-likeness (QED) is 0.697. The smallest absolute Gasteiger partial charge is 0.410 e. The summed E-state index contributed by atoms with van der Waals surface area (Å²) in [5.74, 6) is 0.368. The van der Waals surface area contributed by atoms with E-state index in [9.17, 15) is 9.59 Å². The molecule has 3 rings (SSSR count). The highest BCUT2D eigenvalue weighted by Crippen LogP contribution is 2.25. The van der Waals surface area contributed by atoms with Crippen molar-refractivity contribution in [1.82, 2.24) is 15.0 Å². The first kappa shape index (κ1) is 22.2. The van der Waals surface area contributed by atoms with Crippen molar-refractivity contribution in [3.8, 4) is 11.3 Å². The van der Waals surface area contributed by atoms with Crippen molar-refractivity contribution in [2.75, 3.05) is 26.7 Å². The normalized spacial score (nSPS) is 15.2. The Morgan fingerprint density at radius 3 is 2.60 bits per heavy atom. The van der Waals surface area contributed by atoms with Gasteiger partial charge in [-0.25, -0.2) is 4.79 Å². The van der Waals surface area contributed by atoms with Crippen LogP contribution in [0.15, 0.2) is 34.9 Å². The summed E-state index contributed by atoms with van der Waals surface area (Å²) in [4.78, 5) is 28.3. The van der Waals surface area contributed by atoms with E-state index in [1.165, 1.54) is 0 Å². The number of amides is 2. The first-order chi connectivity index (χ1) is 14.1. The molecule has 30 heavy (non-hydrogen) atoms. The monoisotopic (exact) mass is 433 g/mol. The van der Waals surface area contributed by atoms with Crippen LogP contribution < -0.4 is 0 Å². The molecule has 1 saturated heterocycles. The summed E-state index contributed by atoms with van der Waals surface area (Å²) >= 11 is 6.02. The Balaban J connectivity index is 1.53. The van der Waals surface area contributed by atoms with Crippen LogP contribution in [0.2, 0.25) is 5.02 Å². The number of carbonyl (C=O) groups excluding carboxylic acids is 2. The second-order valence-electron chi connectivity index (χ2n) is 8.68. The minimum absolute atomic E-state index is 0.172. The fourth-order valence-corrected chi connectivity index (χ4v) is 3.63. The minimum atomic E-state index is -0.512. The summed E-state index contributed by atoms with van der Waals surface area (Å²) in [5, 5.41) is 4.61. The van der Waals surface area contributed by atoms with Crippen LogP contribution in [0.1, 0.15) is 44.2 Å². The molecular formula is C22H28ClN3O4. The van der Waals surface area contributed by atoms with Crippen LogP contribution in [-0.4, -0.2) is 59.2 Å². The Morgan fingerprint density at radius 2 is 1.97 bits per heavy atom. The van der Waals surface area contributed by atoms with Gasteiger partial charge in [0.05, 0.1) is 0 Å². The van der Waals surface area contributed by atoms with E-state index in [2.05, 4.69) is 5.16 Å². The number of ether oxygens (including phenoxy) is 1. The Labute approximate surface area is 181 Å². The SMILES string of the molecule is CN(CC1CCN(C(=O)c2cc(-c3cccc(Cl)c3)no2)CC1)C(=O)OC(C)(C)C. The van der Waals surface area contributed by atoms with Crippen LogP contribution in [0.3, 0.4) is 0 Å². The fraction of sp³-hybridized carbons (Fsp3) is 0.500. The summed E-state index contributed by atoms with van der Waals surface area (Å²) in [6.45, 7) is 7.38. The van der Waals surface area contributed by atoms with Gasteiger partial charge in [-0.2, -0.15) is 0 Å². The van der Waals surface area contributed by atoms with Gasteiger partial charge in [0.15, 0.2) is 0 Å². The van der Waals surface area contributed by atoms with E-state index < -0.39 is 5.60 Å². The van der Waals surface area contributed by atoms with Crippen molar-refractivity contribution in [3.63, 3.8) is 0 Å². The van der Waals surface area contributed by atoms with Crippen LogP contribution in [0, 0.1) is 5.92 Å². The molecule has 0 saturated carbocycles. The second kappa shape index (κ2) is 9.08. The molecule has 8 heteroatoms. The number of halogens is 1. The maximum atomic E-state index is 12.8. The lowest BCUT2D eigenvalue weighted by molar-refractivity contribution is 0.0244. The van der Waals surface area contributed by atoms with Crippen molar-refractivity contribution < 1.29 is 18.8 Å². The minimum Gasteiger partial charge on any atom is -0.444 e. The van der Waals surface area contributed by atoms with Gasteiger partial charge in [-0.15, -0.1) is 0 Å². The molecular weight excluding hydrogens is 406 g/mol. The van der Waals surface area contributed by atoms with E-state index in [1.54, 1.807) is 35.0 Å². The number of likely N-dealkylation sites (tertiary alicyclic amines) is 1. The predicted molar refractivity (Wildman–Crippen MR) is 114 cm³/mol. The summed E-state index contributed by atoms with van der Waals surface area (Å²) in [5.41, 5.74) is 0.867. The van der Waals surface area contributed by atoms with Crippen molar-refractivity contribution in [2.45, 2.75) is 39.2 Å². The largest absolute Gasteiger partial charge is 0.444 e. The molecule has 1 aromatic heterocycles. The second-order valence-corrected chi connectivity index (χ2v) is 9.12. The number of aromatic nitrogens is 1. The third-order valence-electron chi connectivity index (χ3n) is 4.98. The lowest BCUT2D eigenvalue weighted by Crippen LogP contribution is -2.43. The molecule has 2 heterocycles. The van der Waals surface area contributed by atoms with Gasteiger partial charge in [0, 0.05) is 43.3 Å². The van der Waals surface area contributed by atoms with E-state index in [4.69, 9.17) is 20.9 Å². The van der Waals surface area contributed by atoms with Gasteiger partial charge in [0.2, 0.25) is 5.76 Å². The number of carbonyl (C=O) groups is 2.